The summed E-state index contributed by atoms with van der Waals surface area (Å²) < 4.78 is 8.15. The van der Waals surface area contributed by atoms with Crippen molar-refractivity contribution in [3.63, 3.8) is 0 Å². The van der Waals surface area contributed by atoms with Gasteiger partial charge in [-0.05, 0) is 26.0 Å². The number of hydrogen-bond acceptors (Lipinski definition) is 9. The van der Waals surface area contributed by atoms with Crippen LogP contribution in [0.2, 0.25) is 0 Å². The fraction of sp³-hybridized carbons (Fsp3) is 0.412. The molecule has 1 aliphatic heterocycles. The summed E-state index contributed by atoms with van der Waals surface area (Å²) in [6.07, 6.45) is 3.96. The predicted octanol–water partition coefficient (Wildman–Crippen LogP) is 2.05. The fourth-order valence-electron chi connectivity index (χ4n) is 3.67. The van der Waals surface area contributed by atoms with E-state index in [-0.39, 0.29) is 11.6 Å². The molecule has 1 aliphatic rings. The Morgan fingerprint density at radius 3 is 2.93 bits per heavy atom. The lowest BCUT2D eigenvalue weighted by molar-refractivity contribution is -0.385. The number of thiophene rings is 1. The van der Waals surface area contributed by atoms with Gasteiger partial charge in [0.15, 0.2) is 11.5 Å². The molecule has 11 nitrogen and oxygen atoms in total. The molecular formula is C17H18N8O3S. The molecule has 150 valence electrons. The van der Waals surface area contributed by atoms with Gasteiger partial charge in [-0.3, -0.25) is 14.8 Å². The van der Waals surface area contributed by atoms with Gasteiger partial charge in [0, 0.05) is 18.0 Å². The summed E-state index contributed by atoms with van der Waals surface area (Å²) in [4.78, 5) is 24.6. The Morgan fingerprint density at radius 1 is 1.38 bits per heavy atom. The highest BCUT2D eigenvalue weighted by Crippen LogP contribution is 2.36. The Kier molecular flexibility index (Phi) is 3.99. The van der Waals surface area contributed by atoms with Gasteiger partial charge in [0.05, 0.1) is 17.4 Å². The lowest BCUT2D eigenvalue weighted by Gasteiger charge is -2.21. The summed E-state index contributed by atoms with van der Waals surface area (Å²) in [6, 6.07) is -0.409. The van der Waals surface area contributed by atoms with Crippen LogP contribution in [0, 0.1) is 10.1 Å². The maximum atomic E-state index is 11.2. The topological polar surface area (TPSA) is 117 Å². The van der Waals surface area contributed by atoms with Crippen LogP contribution in [0.1, 0.15) is 29.2 Å². The van der Waals surface area contributed by atoms with Crippen molar-refractivity contribution in [2.45, 2.75) is 25.9 Å². The molecular weight excluding hydrogens is 396 g/mol. The average Bonchev–Trinajstić information content (AvgIpc) is 3.40. The highest BCUT2D eigenvalue weighted by Gasteiger charge is 2.26. The van der Waals surface area contributed by atoms with Crippen LogP contribution in [0.4, 0.5) is 5.69 Å². The third-order valence-electron chi connectivity index (χ3n) is 5.23. The van der Waals surface area contributed by atoms with Crippen LogP contribution in [0.25, 0.3) is 15.9 Å². The van der Waals surface area contributed by atoms with Gasteiger partial charge in [-0.2, -0.15) is 0 Å². The number of nitro groups is 1. The second kappa shape index (κ2) is 6.46. The summed E-state index contributed by atoms with van der Waals surface area (Å²) in [5, 5.41) is 21.0. The summed E-state index contributed by atoms with van der Waals surface area (Å²) in [7, 11) is 3.47. The molecule has 0 aliphatic carbocycles. The van der Waals surface area contributed by atoms with E-state index in [1.54, 1.807) is 22.2 Å². The minimum absolute atomic E-state index is 0.0364. The number of ether oxygens (including phenoxy) is 1. The highest BCUT2D eigenvalue weighted by atomic mass is 32.1. The van der Waals surface area contributed by atoms with Crippen molar-refractivity contribution in [1.82, 2.24) is 34.3 Å². The van der Waals surface area contributed by atoms with Crippen LogP contribution >= 0.6 is 11.3 Å². The van der Waals surface area contributed by atoms with Crippen LogP contribution in [0.5, 0.6) is 5.88 Å². The molecule has 12 heteroatoms. The molecule has 0 bridgehead atoms. The molecule has 0 saturated carbocycles. The molecule has 1 atom stereocenters. The van der Waals surface area contributed by atoms with Gasteiger partial charge < -0.3 is 9.64 Å². The van der Waals surface area contributed by atoms with Crippen LogP contribution < -0.4 is 4.74 Å². The maximum Gasteiger partial charge on any atom is 0.350 e. The fourth-order valence-corrected chi connectivity index (χ4v) is 4.93. The first kappa shape index (κ1) is 17.9. The van der Waals surface area contributed by atoms with Gasteiger partial charge in [0.25, 0.3) is 0 Å². The molecule has 0 fully saturated rings. The first-order valence-corrected chi connectivity index (χ1v) is 9.89. The molecule has 5 heterocycles. The SMILES string of the molecule is COc1nn(C(C)c2nc3c4c5c(sc4ncn3n2)CN(C)CC5)cc1[N+](=O)[O-]. The minimum atomic E-state index is -0.520. The molecule has 4 aromatic rings. The van der Waals surface area contributed by atoms with E-state index in [0.717, 1.165) is 35.4 Å². The lowest BCUT2D eigenvalue weighted by atomic mass is 10.1. The molecule has 5 rings (SSSR count). The molecule has 1 unspecified atom stereocenters. The lowest BCUT2D eigenvalue weighted by Crippen LogP contribution is -2.25. The van der Waals surface area contributed by atoms with E-state index in [1.165, 1.54) is 28.4 Å². The smallest absolute Gasteiger partial charge is 0.350 e. The Balaban J connectivity index is 1.61. The van der Waals surface area contributed by atoms with Crippen molar-refractivity contribution in [2.75, 3.05) is 20.7 Å². The van der Waals surface area contributed by atoms with Crippen molar-refractivity contribution in [1.29, 1.82) is 0 Å². The molecule has 29 heavy (non-hydrogen) atoms. The molecule has 0 amide bonds. The monoisotopic (exact) mass is 414 g/mol. The number of hydrogen-bond donors (Lipinski definition) is 0. The van der Waals surface area contributed by atoms with Crippen LogP contribution in [-0.2, 0) is 13.0 Å². The largest absolute Gasteiger partial charge is 0.475 e. The van der Waals surface area contributed by atoms with E-state index in [2.05, 4.69) is 27.1 Å². The minimum Gasteiger partial charge on any atom is -0.475 e. The summed E-state index contributed by atoms with van der Waals surface area (Å²) in [5.74, 6) is 0.470. The number of methoxy groups -OCH3 is 1. The van der Waals surface area contributed by atoms with Crippen molar-refractivity contribution in [3.05, 3.63) is 38.9 Å². The number of fused-ring (bicyclic) bond motifs is 5. The third kappa shape index (κ3) is 2.75. The van der Waals surface area contributed by atoms with E-state index in [0.29, 0.717) is 5.82 Å². The third-order valence-corrected chi connectivity index (χ3v) is 6.35. The predicted molar refractivity (Wildman–Crippen MR) is 105 cm³/mol. The van der Waals surface area contributed by atoms with Crippen molar-refractivity contribution >= 4 is 32.9 Å². The quantitative estimate of drug-likeness (QED) is 0.368. The standard InChI is InChI=1S/C17H18N8O3S/c1-9(23-6-11(25(26)27)16(21-23)28-3)14-19-15-13-10-4-5-22(2)7-12(10)29-17(13)18-8-24(15)20-14/h6,8-9H,4-5,7H2,1-3H3. The van der Waals surface area contributed by atoms with Gasteiger partial charge >= 0.3 is 11.6 Å². The zero-order chi connectivity index (χ0) is 20.3. The number of likely N-dealkylation sites (N-methyl/N-ethyl adjacent to an activating group) is 1. The number of rotatable bonds is 4. The molecule has 0 spiro atoms. The average molecular weight is 414 g/mol. The highest BCUT2D eigenvalue weighted by molar-refractivity contribution is 7.19. The van der Waals surface area contributed by atoms with Gasteiger partial charge in [-0.1, -0.05) is 0 Å². The van der Waals surface area contributed by atoms with Gasteiger partial charge in [0.2, 0.25) is 0 Å². The zero-order valence-corrected chi connectivity index (χ0v) is 16.9. The molecule has 0 radical (unpaired) electrons. The number of nitrogens with zero attached hydrogens (tertiary/aromatic N) is 8. The first-order valence-electron chi connectivity index (χ1n) is 9.08. The second-order valence-corrected chi connectivity index (χ2v) is 8.17. The molecule has 0 aromatic carbocycles. The van der Waals surface area contributed by atoms with Crippen molar-refractivity contribution in [3.8, 4) is 5.88 Å². The van der Waals surface area contributed by atoms with Gasteiger partial charge in [-0.25, -0.2) is 14.5 Å². The normalized spacial score (nSPS) is 15.7. The zero-order valence-electron chi connectivity index (χ0n) is 16.1. The Hall–Kier alpha value is -3.12. The van der Waals surface area contributed by atoms with Gasteiger partial charge in [-0.15, -0.1) is 21.5 Å². The summed E-state index contributed by atoms with van der Waals surface area (Å²) in [6.45, 7) is 3.75. The van der Waals surface area contributed by atoms with E-state index in [4.69, 9.17) is 9.72 Å². The Morgan fingerprint density at radius 2 is 2.21 bits per heavy atom. The second-order valence-electron chi connectivity index (χ2n) is 7.09. The van der Waals surface area contributed by atoms with Crippen molar-refractivity contribution < 1.29 is 9.66 Å². The Bertz CT molecular complexity index is 1260. The van der Waals surface area contributed by atoms with E-state index in [9.17, 15) is 10.1 Å². The van der Waals surface area contributed by atoms with Crippen LogP contribution in [0.15, 0.2) is 12.5 Å². The maximum absolute atomic E-state index is 11.2. The van der Waals surface area contributed by atoms with Crippen LogP contribution in [-0.4, -0.2) is 59.9 Å². The van der Waals surface area contributed by atoms with E-state index in [1.807, 2.05) is 6.92 Å². The van der Waals surface area contributed by atoms with Gasteiger partial charge in [0.1, 0.15) is 23.4 Å². The number of aromatic nitrogens is 6. The van der Waals surface area contributed by atoms with Crippen molar-refractivity contribution in [2.24, 2.45) is 0 Å². The first-order chi connectivity index (χ1) is 14.0. The summed E-state index contributed by atoms with van der Waals surface area (Å²) >= 11 is 1.70. The molecule has 4 aromatic heterocycles. The molecule has 0 N–H and O–H groups in total. The van der Waals surface area contributed by atoms with Crippen LogP contribution in [0.3, 0.4) is 0 Å². The summed E-state index contributed by atoms with van der Waals surface area (Å²) in [5.41, 5.74) is 1.86. The van der Waals surface area contributed by atoms with E-state index >= 15 is 0 Å². The molecule has 0 saturated heterocycles. The van der Waals surface area contributed by atoms with E-state index < -0.39 is 11.0 Å². The Labute approximate surface area is 168 Å².